The van der Waals surface area contributed by atoms with Gasteiger partial charge in [-0.15, -0.1) is 0 Å². The summed E-state index contributed by atoms with van der Waals surface area (Å²) in [7, 11) is 0. The molecule has 2 aromatic rings. The van der Waals surface area contributed by atoms with Gasteiger partial charge < -0.3 is 0 Å². The maximum Gasteiger partial charge on any atom is 0.123 e. The summed E-state index contributed by atoms with van der Waals surface area (Å²) >= 11 is 0. The molecule has 2 aliphatic rings. The Kier molecular flexibility index (Phi) is 5.65. The second-order valence-corrected chi connectivity index (χ2v) is 7.83. The summed E-state index contributed by atoms with van der Waals surface area (Å²) in [5.74, 6) is 0.534. The lowest BCUT2D eigenvalue weighted by molar-refractivity contribution is 0.121. The maximum absolute atomic E-state index is 13.4. The predicted molar refractivity (Wildman–Crippen MR) is 101 cm³/mol. The first-order chi connectivity index (χ1) is 12.8. The topological polar surface area (TPSA) is 35.2 Å². The fourth-order valence-electron chi connectivity index (χ4n) is 4.43. The molecular formula is C21H29FN4. The molecule has 5 heteroatoms. The van der Waals surface area contributed by atoms with Gasteiger partial charge >= 0.3 is 0 Å². The molecular weight excluding hydrogens is 327 g/mol. The molecule has 1 aliphatic carbocycles. The summed E-state index contributed by atoms with van der Waals surface area (Å²) in [6, 6.07) is 6.97. The number of H-pyrrole nitrogens is 1. The molecule has 4 rings (SSSR count). The molecule has 1 aliphatic heterocycles. The smallest absolute Gasteiger partial charge is 0.123 e. The molecule has 0 bridgehead atoms. The van der Waals surface area contributed by atoms with E-state index in [4.69, 9.17) is 0 Å². The van der Waals surface area contributed by atoms with Crippen molar-refractivity contribution in [3.63, 3.8) is 0 Å². The average Bonchev–Trinajstić information content (AvgIpc) is 3.12. The predicted octanol–water partition coefficient (Wildman–Crippen LogP) is 3.91. The van der Waals surface area contributed by atoms with Gasteiger partial charge in [-0.05, 0) is 30.5 Å². The standard InChI is InChI=1S/C21H29FN4/c22-20-8-4-5-17(13-20)15-25-9-11-26(12-10-25)16-19-14-23-24-21(19)18-6-2-1-3-7-18/h4-5,8,13-14,18H,1-3,6-7,9-12,15-16H2,(H,23,24). The molecule has 0 amide bonds. The second kappa shape index (κ2) is 8.31. The summed E-state index contributed by atoms with van der Waals surface area (Å²) in [4.78, 5) is 4.95. The van der Waals surface area contributed by atoms with E-state index in [2.05, 4.69) is 20.0 Å². The van der Waals surface area contributed by atoms with Crippen molar-refractivity contribution in [1.82, 2.24) is 20.0 Å². The zero-order valence-electron chi connectivity index (χ0n) is 15.5. The monoisotopic (exact) mass is 356 g/mol. The summed E-state index contributed by atoms with van der Waals surface area (Å²) in [6.45, 7) is 6.02. The Morgan fingerprint density at radius 2 is 1.73 bits per heavy atom. The third-order valence-corrected chi connectivity index (χ3v) is 5.92. The molecule has 0 atom stereocenters. The van der Waals surface area contributed by atoms with Crippen molar-refractivity contribution in [3.05, 3.63) is 53.1 Å². The SMILES string of the molecule is Fc1cccc(CN2CCN(Cc3cn[nH]c3C3CCCCC3)CC2)c1. The molecule has 2 heterocycles. The number of hydrogen-bond acceptors (Lipinski definition) is 3. The number of hydrogen-bond donors (Lipinski definition) is 1. The molecule has 0 spiro atoms. The number of piperazine rings is 1. The van der Waals surface area contributed by atoms with Gasteiger partial charge in [0.15, 0.2) is 0 Å². The number of rotatable bonds is 5. The molecule has 2 fully saturated rings. The van der Waals surface area contributed by atoms with E-state index in [1.165, 1.54) is 49.4 Å². The normalized spacial score (nSPS) is 20.5. The molecule has 0 radical (unpaired) electrons. The van der Waals surface area contributed by atoms with Gasteiger partial charge in [0.2, 0.25) is 0 Å². The van der Waals surface area contributed by atoms with Crippen LogP contribution in [0, 0.1) is 5.82 Å². The molecule has 1 saturated carbocycles. The quantitative estimate of drug-likeness (QED) is 0.882. The summed E-state index contributed by atoms with van der Waals surface area (Å²) in [5.41, 5.74) is 3.83. The Morgan fingerprint density at radius 3 is 2.46 bits per heavy atom. The molecule has 1 N–H and O–H groups in total. The average molecular weight is 356 g/mol. The molecule has 1 aromatic heterocycles. The van der Waals surface area contributed by atoms with Crippen LogP contribution in [0.25, 0.3) is 0 Å². The van der Waals surface area contributed by atoms with Crippen molar-refractivity contribution < 1.29 is 4.39 Å². The van der Waals surface area contributed by atoms with Crippen LogP contribution >= 0.6 is 0 Å². The van der Waals surface area contributed by atoms with Crippen LogP contribution < -0.4 is 0 Å². The van der Waals surface area contributed by atoms with Gasteiger partial charge in [0.1, 0.15) is 5.82 Å². The number of aromatic nitrogens is 2. The van der Waals surface area contributed by atoms with Crippen LogP contribution in [0.15, 0.2) is 30.5 Å². The first kappa shape index (κ1) is 17.7. The number of nitrogens with zero attached hydrogens (tertiary/aromatic N) is 3. The minimum Gasteiger partial charge on any atom is -0.297 e. The fourth-order valence-corrected chi connectivity index (χ4v) is 4.43. The van der Waals surface area contributed by atoms with Crippen LogP contribution in [0.5, 0.6) is 0 Å². The lowest BCUT2D eigenvalue weighted by Gasteiger charge is -2.35. The van der Waals surface area contributed by atoms with E-state index in [-0.39, 0.29) is 5.82 Å². The van der Waals surface area contributed by atoms with Crippen molar-refractivity contribution in [1.29, 1.82) is 0 Å². The van der Waals surface area contributed by atoms with Gasteiger partial charge in [0, 0.05) is 56.4 Å². The van der Waals surface area contributed by atoms with E-state index in [1.807, 2.05) is 12.3 Å². The Bertz CT molecular complexity index is 700. The third kappa shape index (κ3) is 4.33. The highest BCUT2D eigenvalue weighted by Crippen LogP contribution is 2.33. The maximum atomic E-state index is 13.4. The summed E-state index contributed by atoms with van der Waals surface area (Å²) < 4.78 is 13.4. The van der Waals surface area contributed by atoms with E-state index in [1.54, 1.807) is 12.1 Å². The highest BCUT2D eigenvalue weighted by Gasteiger charge is 2.23. The zero-order chi connectivity index (χ0) is 17.8. The van der Waals surface area contributed by atoms with Gasteiger partial charge in [0.25, 0.3) is 0 Å². The van der Waals surface area contributed by atoms with Crippen molar-refractivity contribution in [2.75, 3.05) is 26.2 Å². The largest absolute Gasteiger partial charge is 0.297 e. The lowest BCUT2D eigenvalue weighted by atomic mass is 9.85. The first-order valence-electron chi connectivity index (χ1n) is 9.99. The minimum atomic E-state index is -0.142. The molecule has 140 valence electrons. The summed E-state index contributed by atoms with van der Waals surface area (Å²) in [6.07, 6.45) is 8.72. The Hall–Kier alpha value is -1.72. The highest BCUT2D eigenvalue weighted by atomic mass is 19.1. The molecule has 1 aromatic carbocycles. The van der Waals surface area contributed by atoms with Gasteiger partial charge in [-0.2, -0.15) is 5.10 Å². The van der Waals surface area contributed by atoms with Crippen LogP contribution in [0.4, 0.5) is 4.39 Å². The zero-order valence-corrected chi connectivity index (χ0v) is 15.5. The van der Waals surface area contributed by atoms with Crippen molar-refractivity contribution in [2.24, 2.45) is 0 Å². The van der Waals surface area contributed by atoms with Crippen LogP contribution in [0.1, 0.15) is 54.8 Å². The highest BCUT2D eigenvalue weighted by molar-refractivity contribution is 5.21. The molecule has 4 nitrogen and oxygen atoms in total. The number of halogens is 1. The van der Waals surface area contributed by atoms with Crippen LogP contribution in [0.2, 0.25) is 0 Å². The van der Waals surface area contributed by atoms with Crippen LogP contribution in [-0.4, -0.2) is 46.2 Å². The van der Waals surface area contributed by atoms with E-state index in [9.17, 15) is 4.39 Å². The van der Waals surface area contributed by atoms with E-state index in [0.717, 1.165) is 44.8 Å². The lowest BCUT2D eigenvalue weighted by Crippen LogP contribution is -2.45. The Labute approximate surface area is 155 Å². The van der Waals surface area contributed by atoms with E-state index in [0.29, 0.717) is 5.92 Å². The second-order valence-electron chi connectivity index (χ2n) is 7.83. The van der Waals surface area contributed by atoms with Crippen LogP contribution in [-0.2, 0) is 13.1 Å². The van der Waals surface area contributed by atoms with Gasteiger partial charge in [-0.1, -0.05) is 31.4 Å². The van der Waals surface area contributed by atoms with Crippen LogP contribution in [0.3, 0.4) is 0 Å². The van der Waals surface area contributed by atoms with E-state index < -0.39 is 0 Å². The fraction of sp³-hybridized carbons (Fsp3) is 0.571. The Balaban J connectivity index is 1.30. The Morgan fingerprint density at radius 1 is 1.00 bits per heavy atom. The number of benzene rings is 1. The van der Waals surface area contributed by atoms with Crippen molar-refractivity contribution in [3.8, 4) is 0 Å². The van der Waals surface area contributed by atoms with Crippen molar-refractivity contribution >= 4 is 0 Å². The number of aromatic amines is 1. The van der Waals surface area contributed by atoms with Gasteiger partial charge in [-0.25, -0.2) is 4.39 Å². The third-order valence-electron chi connectivity index (χ3n) is 5.92. The van der Waals surface area contributed by atoms with Gasteiger partial charge in [-0.3, -0.25) is 14.9 Å². The van der Waals surface area contributed by atoms with Crippen molar-refractivity contribution in [2.45, 2.75) is 51.1 Å². The first-order valence-corrected chi connectivity index (χ1v) is 9.99. The molecule has 1 saturated heterocycles. The van der Waals surface area contributed by atoms with Gasteiger partial charge in [0.05, 0.1) is 6.20 Å². The van der Waals surface area contributed by atoms with E-state index >= 15 is 0 Å². The minimum absolute atomic E-state index is 0.142. The summed E-state index contributed by atoms with van der Waals surface area (Å²) in [5, 5.41) is 7.63. The molecule has 0 unspecified atom stereocenters. The number of nitrogens with one attached hydrogen (secondary N) is 1. The molecule has 26 heavy (non-hydrogen) atoms.